The van der Waals surface area contributed by atoms with Crippen molar-refractivity contribution >= 4 is 11.5 Å². The highest BCUT2D eigenvalue weighted by molar-refractivity contribution is 5.87. The van der Waals surface area contributed by atoms with Crippen LogP contribution in [-0.4, -0.2) is 12.6 Å². The van der Waals surface area contributed by atoms with Gasteiger partial charge in [-0.15, -0.1) is 0 Å². The van der Waals surface area contributed by atoms with Crippen LogP contribution in [0.2, 0.25) is 0 Å². The van der Waals surface area contributed by atoms with Crippen LogP contribution in [0.25, 0.3) is 5.57 Å². The molecule has 5 heteroatoms. The lowest BCUT2D eigenvalue weighted by Gasteiger charge is -2.08. The van der Waals surface area contributed by atoms with Gasteiger partial charge in [-0.05, 0) is 43.2 Å². The normalized spacial score (nSPS) is 12.8. The zero-order chi connectivity index (χ0) is 15.2. The molecule has 0 aromatic heterocycles. The van der Waals surface area contributed by atoms with E-state index in [2.05, 4.69) is 0 Å². The van der Waals surface area contributed by atoms with Crippen molar-refractivity contribution in [3.8, 4) is 0 Å². The van der Waals surface area contributed by atoms with E-state index < -0.39 is 17.7 Å². The lowest BCUT2D eigenvalue weighted by molar-refractivity contribution is -0.138. The molecule has 0 aliphatic rings. The Morgan fingerprint density at radius 2 is 1.80 bits per heavy atom. The first-order valence-corrected chi connectivity index (χ1v) is 6.07. The summed E-state index contributed by atoms with van der Waals surface area (Å²) in [5.41, 5.74) is 0.541. The minimum atomic E-state index is -4.35. The first-order valence-electron chi connectivity index (χ1n) is 6.07. The van der Waals surface area contributed by atoms with Gasteiger partial charge in [0.15, 0.2) is 0 Å². The Balaban J connectivity index is 2.89. The summed E-state index contributed by atoms with van der Waals surface area (Å²) in [7, 11) is 0. The lowest BCUT2D eigenvalue weighted by Crippen LogP contribution is -2.04. The van der Waals surface area contributed by atoms with Gasteiger partial charge < -0.3 is 4.74 Å². The van der Waals surface area contributed by atoms with Gasteiger partial charge in [0.1, 0.15) is 0 Å². The number of halogens is 3. The first kappa shape index (κ1) is 16.0. The lowest BCUT2D eigenvalue weighted by atomic mass is 10.0. The largest absolute Gasteiger partial charge is 0.463 e. The molecule has 0 unspecified atom stereocenters. The third kappa shape index (κ3) is 4.57. The quantitative estimate of drug-likeness (QED) is 0.470. The van der Waals surface area contributed by atoms with E-state index in [-0.39, 0.29) is 6.61 Å². The number of carbonyl (C=O) groups excluding carboxylic acids is 1. The van der Waals surface area contributed by atoms with Gasteiger partial charge in [0.2, 0.25) is 0 Å². The fourth-order valence-corrected chi connectivity index (χ4v) is 1.56. The third-order valence-corrected chi connectivity index (χ3v) is 2.54. The van der Waals surface area contributed by atoms with Crippen LogP contribution in [-0.2, 0) is 15.7 Å². The Morgan fingerprint density at radius 1 is 1.20 bits per heavy atom. The van der Waals surface area contributed by atoms with E-state index >= 15 is 0 Å². The summed E-state index contributed by atoms with van der Waals surface area (Å²) in [4.78, 5) is 11.2. The number of alkyl halides is 3. The molecule has 1 aromatic rings. The first-order chi connectivity index (χ1) is 9.38. The van der Waals surface area contributed by atoms with E-state index in [1.165, 1.54) is 24.3 Å². The highest BCUT2D eigenvalue weighted by Gasteiger charge is 2.29. The van der Waals surface area contributed by atoms with E-state index in [0.29, 0.717) is 11.1 Å². The monoisotopic (exact) mass is 284 g/mol. The maximum atomic E-state index is 12.5. The van der Waals surface area contributed by atoms with Crippen LogP contribution in [0.4, 0.5) is 13.2 Å². The van der Waals surface area contributed by atoms with Gasteiger partial charge in [0.05, 0.1) is 12.2 Å². The summed E-state index contributed by atoms with van der Waals surface area (Å²) >= 11 is 0. The molecule has 0 saturated heterocycles. The van der Waals surface area contributed by atoms with Gasteiger partial charge >= 0.3 is 12.1 Å². The van der Waals surface area contributed by atoms with Crippen LogP contribution < -0.4 is 0 Å². The molecule has 0 saturated carbocycles. The van der Waals surface area contributed by atoms with Gasteiger partial charge in [-0.3, -0.25) is 0 Å². The number of benzene rings is 1. The Hall–Kier alpha value is -2.04. The molecule has 108 valence electrons. The van der Waals surface area contributed by atoms with Crippen LogP contribution in [0, 0.1) is 0 Å². The minimum absolute atomic E-state index is 0.272. The standard InChI is InChI=1S/C15H15F3O2/c1-3-11(7-10-14(19)20-4-2)12-5-8-13(9-6-12)15(16,17)18/h3,5-10H,4H2,1-2H3/b10-7+,11-3+. The predicted octanol–water partition coefficient (Wildman–Crippen LogP) is 4.23. The SMILES string of the molecule is C/C=C(\C=C\C(=O)OCC)c1ccc(C(F)(F)F)cc1. The number of rotatable bonds is 4. The minimum Gasteiger partial charge on any atom is -0.463 e. The second-order valence-electron chi connectivity index (χ2n) is 3.90. The van der Waals surface area contributed by atoms with Gasteiger partial charge in [0, 0.05) is 6.08 Å². The maximum absolute atomic E-state index is 12.5. The van der Waals surface area contributed by atoms with Gasteiger partial charge in [-0.25, -0.2) is 4.79 Å². The van der Waals surface area contributed by atoms with Crippen LogP contribution in [0.15, 0.2) is 42.5 Å². The van der Waals surface area contributed by atoms with Gasteiger partial charge in [0.25, 0.3) is 0 Å². The summed E-state index contributed by atoms with van der Waals surface area (Å²) in [6, 6.07) is 4.76. The summed E-state index contributed by atoms with van der Waals surface area (Å²) in [6.45, 7) is 3.70. The second kappa shape index (κ2) is 6.93. The molecule has 20 heavy (non-hydrogen) atoms. The molecule has 1 aromatic carbocycles. The molecular formula is C15H15F3O2. The van der Waals surface area contributed by atoms with Crippen LogP contribution in [0.5, 0.6) is 0 Å². The second-order valence-corrected chi connectivity index (χ2v) is 3.90. The zero-order valence-electron chi connectivity index (χ0n) is 11.2. The molecule has 0 aliphatic carbocycles. The van der Waals surface area contributed by atoms with Crippen LogP contribution >= 0.6 is 0 Å². The van der Waals surface area contributed by atoms with Crippen molar-refractivity contribution < 1.29 is 22.7 Å². The molecule has 0 fully saturated rings. The summed E-state index contributed by atoms with van der Waals surface area (Å²) < 4.78 is 42.1. The van der Waals surface area contributed by atoms with Gasteiger partial charge in [-0.1, -0.05) is 18.2 Å². The molecule has 0 aliphatic heterocycles. The summed E-state index contributed by atoms with van der Waals surface area (Å²) in [5.74, 6) is -0.487. The Bertz CT molecular complexity index is 511. The zero-order valence-corrected chi connectivity index (χ0v) is 11.2. The molecule has 0 bridgehead atoms. The molecule has 0 N–H and O–H groups in total. The summed E-state index contributed by atoms with van der Waals surface area (Å²) in [5, 5.41) is 0. The van der Waals surface area contributed by atoms with Crippen molar-refractivity contribution in [3.63, 3.8) is 0 Å². The average molecular weight is 284 g/mol. The van der Waals surface area contributed by atoms with Crippen molar-refractivity contribution in [2.24, 2.45) is 0 Å². The fourth-order valence-electron chi connectivity index (χ4n) is 1.56. The van der Waals surface area contributed by atoms with Crippen molar-refractivity contribution in [2.75, 3.05) is 6.61 Å². The Kier molecular flexibility index (Phi) is 5.55. The Morgan fingerprint density at radius 3 is 2.25 bits per heavy atom. The van der Waals surface area contributed by atoms with E-state index in [1.54, 1.807) is 19.9 Å². The predicted molar refractivity (Wildman–Crippen MR) is 70.9 cm³/mol. The molecule has 0 spiro atoms. The number of carbonyl (C=O) groups is 1. The van der Waals surface area contributed by atoms with E-state index in [1.807, 2.05) is 0 Å². The molecule has 0 atom stereocenters. The molecule has 1 rings (SSSR count). The van der Waals surface area contributed by atoms with Gasteiger partial charge in [-0.2, -0.15) is 13.2 Å². The number of ether oxygens (including phenoxy) is 1. The molecule has 0 radical (unpaired) electrons. The topological polar surface area (TPSA) is 26.3 Å². The van der Waals surface area contributed by atoms with Crippen molar-refractivity contribution in [1.82, 2.24) is 0 Å². The number of hydrogen-bond donors (Lipinski definition) is 0. The van der Waals surface area contributed by atoms with E-state index in [9.17, 15) is 18.0 Å². The third-order valence-electron chi connectivity index (χ3n) is 2.54. The molecular weight excluding hydrogens is 269 g/mol. The molecule has 0 amide bonds. The molecule has 2 nitrogen and oxygen atoms in total. The Labute approximate surface area is 115 Å². The fraction of sp³-hybridized carbons (Fsp3) is 0.267. The smallest absolute Gasteiger partial charge is 0.416 e. The van der Waals surface area contributed by atoms with Crippen LogP contribution in [0.3, 0.4) is 0 Å². The summed E-state index contributed by atoms with van der Waals surface area (Å²) in [6.07, 6.45) is 0.116. The van der Waals surface area contributed by atoms with Crippen molar-refractivity contribution in [3.05, 3.63) is 53.6 Å². The van der Waals surface area contributed by atoms with E-state index in [4.69, 9.17) is 4.74 Å². The van der Waals surface area contributed by atoms with E-state index in [0.717, 1.165) is 12.1 Å². The molecule has 0 heterocycles. The number of esters is 1. The maximum Gasteiger partial charge on any atom is 0.416 e. The highest BCUT2D eigenvalue weighted by atomic mass is 19.4. The van der Waals surface area contributed by atoms with Crippen molar-refractivity contribution in [2.45, 2.75) is 20.0 Å². The highest BCUT2D eigenvalue weighted by Crippen LogP contribution is 2.30. The van der Waals surface area contributed by atoms with Crippen molar-refractivity contribution in [1.29, 1.82) is 0 Å². The number of hydrogen-bond acceptors (Lipinski definition) is 2. The number of allylic oxidation sites excluding steroid dienone is 3. The average Bonchev–Trinajstić information content (AvgIpc) is 2.39. The van der Waals surface area contributed by atoms with Crippen LogP contribution in [0.1, 0.15) is 25.0 Å².